The number of hydrogen-bond acceptors (Lipinski definition) is 6. The number of hydrogen-bond donors (Lipinski definition) is 3. The molecule has 2 aromatic carbocycles. The molecule has 0 aliphatic heterocycles. The number of nitrogens with one attached hydrogen (secondary N) is 2. The average molecular weight is 459 g/mol. The van der Waals surface area contributed by atoms with E-state index in [0.717, 1.165) is 22.4 Å². The molecule has 3 N–H and O–H groups in total. The average Bonchev–Trinajstić information content (AvgIpc) is 3.18. The van der Waals surface area contributed by atoms with Crippen molar-refractivity contribution < 1.29 is 19.1 Å². The number of rotatable bonds is 8. The number of oxazole rings is 1. The van der Waals surface area contributed by atoms with Crippen molar-refractivity contribution in [3.63, 3.8) is 0 Å². The normalized spacial score (nSPS) is 11.9. The van der Waals surface area contributed by atoms with Crippen LogP contribution in [0.2, 0.25) is 0 Å². The van der Waals surface area contributed by atoms with Crippen LogP contribution in [0.3, 0.4) is 0 Å². The van der Waals surface area contributed by atoms with E-state index in [0.29, 0.717) is 28.5 Å². The Balaban J connectivity index is 1.41. The quantitative estimate of drug-likeness (QED) is 0.326. The second-order valence-electron chi connectivity index (χ2n) is 8.41. The zero-order valence-electron chi connectivity index (χ0n) is 19.3. The maximum atomic E-state index is 12.5. The molecule has 0 saturated carbocycles. The van der Waals surface area contributed by atoms with E-state index in [1.54, 1.807) is 19.1 Å². The third kappa shape index (κ3) is 5.40. The number of benzene rings is 2. The van der Waals surface area contributed by atoms with Gasteiger partial charge in [-0.1, -0.05) is 31.2 Å². The number of anilines is 3. The van der Waals surface area contributed by atoms with E-state index in [-0.39, 0.29) is 24.7 Å². The van der Waals surface area contributed by atoms with Gasteiger partial charge in [0.15, 0.2) is 5.58 Å². The minimum atomic E-state index is -0.872. The first-order valence-corrected chi connectivity index (χ1v) is 11.0. The Morgan fingerprint density at radius 3 is 2.53 bits per heavy atom. The van der Waals surface area contributed by atoms with E-state index in [1.165, 1.54) is 6.20 Å². The summed E-state index contributed by atoms with van der Waals surface area (Å²) in [7, 11) is 0. The Labute approximate surface area is 197 Å². The van der Waals surface area contributed by atoms with Crippen LogP contribution < -0.4 is 10.6 Å². The van der Waals surface area contributed by atoms with Crippen LogP contribution in [-0.4, -0.2) is 27.0 Å². The summed E-state index contributed by atoms with van der Waals surface area (Å²) in [6, 6.07) is 15.4. The number of aryl methyl sites for hydroxylation is 2. The van der Waals surface area contributed by atoms with Crippen molar-refractivity contribution in [2.75, 3.05) is 10.6 Å². The van der Waals surface area contributed by atoms with Crippen LogP contribution in [0.15, 0.2) is 59.1 Å². The highest BCUT2D eigenvalue weighted by atomic mass is 16.4. The maximum absolute atomic E-state index is 12.5. The topological polar surface area (TPSA) is 117 Å². The number of pyridine rings is 1. The molecule has 2 aromatic heterocycles. The number of fused-ring (bicyclic) bond motifs is 1. The Morgan fingerprint density at radius 2 is 1.85 bits per heavy atom. The van der Waals surface area contributed by atoms with Gasteiger partial charge in [-0.3, -0.25) is 14.6 Å². The molecule has 4 aromatic rings. The largest absolute Gasteiger partial charge is 0.481 e. The second-order valence-corrected chi connectivity index (χ2v) is 8.41. The van der Waals surface area contributed by atoms with Crippen molar-refractivity contribution >= 4 is 40.4 Å². The van der Waals surface area contributed by atoms with Gasteiger partial charge in [0, 0.05) is 17.3 Å². The molecule has 1 unspecified atom stereocenters. The third-order valence-corrected chi connectivity index (χ3v) is 5.59. The summed E-state index contributed by atoms with van der Waals surface area (Å²) in [5.41, 5.74) is 6.46. The molecule has 0 aliphatic rings. The summed E-state index contributed by atoms with van der Waals surface area (Å²) in [5.74, 6) is -1.27. The molecule has 8 nitrogen and oxygen atoms in total. The van der Waals surface area contributed by atoms with E-state index in [9.17, 15) is 9.59 Å². The lowest BCUT2D eigenvalue weighted by Gasteiger charge is -2.10. The second kappa shape index (κ2) is 9.74. The number of nitrogens with zero attached hydrogens (tertiary/aromatic N) is 2. The van der Waals surface area contributed by atoms with Crippen LogP contribution in [0.25, 0.3) is 11.1 Å². The number of carbonyl (C=O) groups is 2. The van der Waals surface area contributed by atoms with E-state index >= 15 is 0 Å². The summed E-state index contributed by atoms with van der Waals surface area (Å²) in [4.78, 5) is 32.2. The van der Waals surface area contributed by atoms with Gasteiger partial charge in [-0.2, -0.15) is 4.98 Å². The van der Waals surface area contributed by atoms with Crippen LogP contribution in [0.4, 0.5) is 17.4 Å². The summed E-state index contributed by atoms with van der Waals surface area (Å²) in [6.45, 7) is 5.85. The van der Waals surface area contributed by atoms with Crippen LogP contribution in [-0.2, 0) is 16.0 Å². The van der Waals surface area contributed by atoms with Gasteiger partial charge in [0.1, 0.15) is 5.52 Å². The molecule has 8 heteroatoms. The van der Waals surface area contributed by atoms with Gasteiger partial charge in [-0.15, -0.1) is 0 Å². The number of carboxylic acids is 1. The van der Waals surface area contributed by atoms with E-state index < -0.39 is 5.97 Å². The zero-order valence-corrected chi connectivity index (χ0v) is 19.3. The van der Waals surface area contributed by atoms with E-state index in [1.807, 2.05) is 50.2 Å². The molecule has 0 radical (unpaired) electrons. The molecule has 1 atom stereocenters. The number of carbonyl (C=O) groups excluding carboxylic acids is 1. The Bertz CT molecular complexity index is 1320. The predicted molar refractivity (Wildman–Crippen MR) is 130 cm³/mol. The molecule has 2 heterocycles. The SMILES string of the molecule is Cc1cccc(C)c1Nc1nc2ccc(CC(=O)Nc3ccc(C(C)CC(=O)O)nc3)cc2o1. The lowest BCUT2D eigenvalue weighted by atomic mass is 10.0. The third-order valence-electron chi connectivity index (χ3n) is 5.59. The van der Waals surface area contributed by atoms with Crippen molar-refractivity contribution in [1.82, 2.24) is 9.97 Å². The Kier molecular flexibility index (Phi) is 6.58. The number of aliphatic carboxylic acids is 1. The van der Waals surface area contributed by atoms with E-state index in [4.69, 9.17) is 9.52 Å². The van der Waals surface area contributed by atoms with Crippen molar-refractivity contribution in [1.29, 1.82) is 0 Å². The van der Waals surface area contributed by atoms with Gasteiger partial charge in [-0.05, 0) is 54.8 Å². The molecular formula is C26H26N4O4. The van der Waals surface area contributed by atoms with Gasteiger partial charge >= 0.3 is 5.97 Å². The maximum Gasteiger partial charge on any atom is 0.304 e. The molecule has 174 valence electrons. The van der Waals surface area contributed by atoms with Gasteiger partial charge in [0.2, 0.25) is 5.91 Å². The van der Waals surface area contributed by atoms with Crippen LogP contribution in [0.1, 0.15) is 41.6 Å². The highest BCUT2D eigenvalue weighted by molar-refractivity contribution is 5.92. The highest BCUT2D eigenvalue weighted by Crippen LogP contribution is 2.27. The van der Waals surface area contributed by atoms with Crippen LogP contribution >= 0.6 is 0 Å². The predicted octanol–water partition coefficient (Wildman–Crippen LogP) is 5.34. The highest BCUT2D eigenvalue weighted by Gasteiger charge is 2.13. The first-order valence-electron chi connectivity index (χ1n) is 11.0. The lowest BCUT2D eigenvalue weighted by Crippen LogP contribution is -2.14. The fraction of sp³-hybridized carbons (Fsp3) is 0.231. The van der Waals surface area contributed by atoms with Crippen molar-refractivity contribution in [3.8, 4) is 0 Å². The molecular weight excluding hydrogens is 432 g/mol. The zero-order chi connectivity index (χ0) is 24.2. The summed E-state index contributed by atoms with van der Waals surface area (Å²) >= 11 is 0. The minimum Gasteiger partial charge on any atom is -0.481 e. The number of amides is 1. The summed E-state index contributed by atoms with van der Waals surface area (Å²) < 4.78 is 5.88. The van der Waals surface area contributed by atoms with Gasteiger partial charge in [0.05, 0.1) is 24.7 Å². The summed E-state index contributed by atoms with van der Waals surface area (Å²) in [5, 5.41) is 15.0. The smallest absolute Gasteiger partial charge is 0.304 e. The van der Waals surface area contributed by atoms with Crippen LogP contribution in [0.5, 0.6) is 0 Å². The molecule has 0 saturated heterocycles. The summed E-state index contributed by atoms with van der Waals surface area (Å²) in [6.07, 6.45) is 1.70. The molecule has 0 aliphatic carbocycles. The molecule has 4 rings (SSSR count). The first kappa shape index (κ1) is 23.0. The monoisotopic (exact) mass is 458 g/mol. The van der Waals surface area contributed by atoms with Gasteiger partial charge in [0.25, 0.3) is 6.01 Å². The molecule has 0 bridgehead atoms. The molecule has 1 amide bonds. The molecule has 0 spiro atoms. The Morgan fingerprint density at radius 1 is 1.09 bits per heavy atom. The number of carboxylic acid groups (broad SMARTS) is 1. The van der Waals surface area contributed by atoms with Crippen LogP contribution in [0, 0.1) is 13.8 Å². The number of para-hydroxylation sites is 1. The number of aromatic nitrogens is 2. The fourth-order valence-electron chi connectivity index (χ4n) is 3.78. The van der Waals surface area contributed by atoms with Gasteiger partial charge in [-0.25, -0.2) is 0 Å². The standard InChI is InChI=1S/C26H26N4O4/c1-15-5-4-6-16(2)25(15)30-26-29-21-9-7-18(12-22(21)34-26)13-23(31)28-19-8-10-20(27-14-19)17(3)11-24(32)33/h4-10,12,14,17H,11,13H2,1-3H3,(H,28,31)(H,29,30)(H,32,33). The molecule has 0 fully saturated rings. The van der Waals surface area contributed by atoms with Crippen molar-refractivity contribution in [2.45, 2.75) is 39.5 Å². The minimum absolute atomic E-state index is 0.00458. The molecule has 34 heavy (non-hydrogen) atoms. The fourth-order valence-corrected chi connectivity index (χ4v) is 3.78. The van der Waals surface area contributed by atoms with Crippen molar-refractivity contribution in [3.05, 3.63) is 77.1 Å². The first-order chi connectivity index (χ1) is 16.3. The lowest BCUT2D eigenvalue weighted by molar-refractivity contribution is -0.137. The van der Waals surface area contributed by atoms with Crippen molar-refractivity contribution in [2.24, 2.45) is 0 Å². The Hall–Kier alpha value is -4.20. The van der Waals surface area contributed by atoms with E-state index in [2.05, 4.69) is 20.6 Å². The van der Waals surface area contributed by atoms with Gasteiger partial charge < -0.3 is 20.2 Å².